The molecule has 2 fully saturated rings. The van der Waals surface area contributed by atoms with Gasteiger partial charge in [-0.3, -0.25) is 0 Å². The predicted molar refractivity (Wildman–Crippen MR) is 151 cm³/mol. The monoisotopic (exact) mass is 630 g/mol. The van der Waals surface area contributed by atoms with Crippen LogP contribution in [0.3, 0.4) is 0 Å². The van der Waals surface area contributed by atoms with Crippen molar-refractivity contribution in [2.75, 3.05) is 0 Å². The van der Waals surface area contributed by atoms with Gasteiger partial charge in [0, 0.05) is 0 Å². The fourth-order valence-corrected chi connectivity index (χ4v) is 4.01. The number of allylic oxidation sites excluding steroid dienone is 8. The van der Waals surface area contributed by atoms with Crippen LogP contribution in [-0.2, 0) is 21.6 Å². The van der Waals surface area contributed by atoms with E-state index in [1.165, 1.54) is 50.7 Å². The molecule has 0 radical (unpaired) electrons. The van der Waals surface area contributed by atoms with Crippen LogP contribution in [0.4, 0.5) is 0 Å². The molecular formula is C30H36Cl2GeZr-4. The molecule has 4 aliphatic rings. The minimum atomic E-state index is 0. The van der Waals surface area contributed by atoms with Crippen molar-refractivity contribution in [3.05, 3.63) is 133 Å². The number of rotatable bonds is 0. The van der Waals surface area contributed by atoms with E-state index in [9.17, 15) is 0 Å². The SMILES string of the molecule is C1=CCC2CC[CH-]C2=C1.C1=CCC2CC[CH-]C2=C1.Cl.Cl.[GeH2]=[Zr].[c-]1ccccc1.[c-]1ccccc1. The van der Waals surface area contributed by atoms with E-state index in [2.05, 4.69) is 61.4 Å². The molecule has 2 aromatic carbocycles. The first-order valence-corrected chi connectivity index (χ1v) is 22.0. The minimum absolute atomic E-state index is 0. The van der Waals surface area contributed by atoms with Crippen molar-refractivity contribution in [1.29, 1.82) is 0 Å². The van der Waals surface area contributed by atoms with Crippen molar-refractivity contribution in [3.63, 3.8) is 0 Å². The van der Waals surface area contributed by atoms with Gasteiger partial charge in [-0.2, -0.15) is 72.8 Å². The van der Waals surface area contributed by atoms with Crippen LogP contribution in [0, 0.1) is 36.8 Å². The van der Waals surface area contributed by atoms with Gasteiger partial charge >= 0.3 is 33.7 Å². The molecule has 0 spiro atoms. The molecule has 2 saturated carbocycles. The van der Waals surface area contributed by atoms with Crippen LogP contribution in [0.2, 0.25) is 0 Å². The predicted octanol–water partition coefficient (Wildman–Crippen LogP) is 7.87. The Kier molecular flexibility index (Phi) is 22.0. The second kappa shape index (κ2) is 22.6. The van der Waals surface area contributed by atoms with Gasteiger partial charge in [0.25, 0.3) is 0 Å². The summed E-state index contributed by atoms with van der Waals surface area (Å²) < 4.78 is 0. The Balaban J connectivity index is 0.000000416. The maximum atomic E-state index is 2.89. The first-order chi connectivity index (χ1) is 15.9. The topological polar surface area (TPSA) is 0 Å². The van der Waals surface area contributed by atoms with E-state index in [-0.39, 0.29) is 24.8 Å². The average molecular weight is 631 g/mol. The summed E-state index contributed by atoms with van der Waals surface area (Å²) in [6, 6.07) is 25.0. The summed E-state index contributed by atoms with van der Waals surface area (Å²) in [7, 11) is 0. The molecule has 0 heterocycles. The standard InChI is InChI=1S/2C9H11.2C6H5.2ClH.GeH2.Zr/c2*1-2-5-9-7-3-6-8(9)4-1;2*1-2-4-6-5-3-1;;;;/h2*1-2,4,6,9H,3,5,7H2;2*1-5H;2*1H;1H2;/q4*-1;;;;. The molecule has 2 aromatic rings. The van der Waals surface area contributed by atoms with Gasteiger partial charge in [-0.1, -0.05) is 12.8 Å². The summed E-state index contributed by atoms with van der Waals surface area (Å²) >= 11 is 3.14. The zero-order chi connectivity index (χ0) is 22.7. The van der Waals surface area contributed by atoms with Crippen molar-refractivity contribution in [3.8, 4) is 0 Å². The number of fused-ring (bicyclic) bond motifs is 2. The van der Waals surface area contributed by atoms with Crippen molar-refractivity contribution in [2.24, 2.45) is 11.8 Å². The van der Waals surface area contributed by atoms with Crippen LogP contribution in [0.15, 0.2) is 108 Å². The fraction of sp³-hybridized carbons (Fsp3) is 0.267. The summed E-state index contributed by atoms with van der Waals surface area (Å²) in [4.78, 5) is 0. The minimum Gasteiger partial charge on any atom is -0.184 e. The first-order valence-electron chi connectivity index (χ1n) is 11.5. The van der Waals surface area contributed by atoms with E-state index in [1.807, 2.05) is 60.7 Å². The average Bonchev–Trinajstić information content (AvgIpc) is 3.58. The number of benzene rings is 2. The summed E-state index contributed by atoms with van der Waals surface area (Å²) in [6.07, 6.45) is 26.1. The third-order valence-corrected chi connectivity index (χ3v) is 5.64. The Morgan fingerprint density at radius 3 is 1.29 bits per heavy atom. The zero-order valence-electron chi connectivity index (χ0n) is 19.8. The van der Waals surface area contributed by atoms with Gasteiger partial charge in [-0.15, -0.1) is 62.0 Å². The number of hydrogen-bond donors (Lipinski definition) is 0. The van der Waals surface area contributed by atoms with Gasteiger partial charge in [-0.05, 0) is 24.7 Å². The van der Waals surface area contributed by atoms with E-state index in [0.29, 0.717) is 0 Å². The van der Waals surface area contributed by atoms with Crippen LogP contribution in [0.1, 0.15) is 38.5 Å². The Hall–Kier alpha value is -0.854. The Labute approximate surface area is 240 Å². The smallest absolute Gasteiger partial charge is 0.171 e. The van der Waals surface area contributed by atoms with E-state index < -0.39 is 0 Å². The molecule has 4 heteroatoms. The van der Waals surface area contributed by atoms with Crippen LogP contribution in [-0.4, -0.2) is 12.1 Å². The molecule has 0 bridgehead atoms. The molecule has 2 unspecified atom stereocenters. The quantitative estimate of drug-likeness (QED) is 0.205. The molecular weight excluding hydrogens is 595 g/mol. The molecule has 0 aromatic heterocycles. The number of hydrogen-bond acceptors (Lipinski definition) is 0. The van der Waals surface area contributed by atoms with Crippen LogP contribution in [0.5, 0.6) is 0 Å². The van der Waals surface area contributed by atoms with E-state index in [1.54, 1.807) is 32.7 Å². The molecule has 0 nitrogen and oxygen atoms in total. The molecule has 34 heavy (non-hydrogen) atoms. The van der Waals surface area contributed by atoms with Crippen LogP contribution in [0.25, 0.3) is 0 Å². The summed E-state index contributed by atoms with van der Waals surface area (Å²) in [5, 5.41) is 0. The zero-order valence-corrected chi connectivity index (χ0v) is 26.9. The van der Waals surface area contributed by atoms with E-state index in [4.69, 9.17) is 0 Å². The maximum absolute atomic E-state index is 2.89. The van der Waals surface area contributed by atoms with Crippen molar-refractivity contribution in [1.82, 2.24) is 0 Å². The van der Waals surface area contributed by atoms with Crippen LogP contribution < -0.4 is 0 Å². The largest absolute Gasteiger partial charge is 0.184 e. The van der Waals surface area contributed by atoms with Gasteiger partial charge in [0.2, 0.25) is 0 Å². The normalized spacial score (nSPS) is 19.4. The molecule has 6 rings (SSSR count). The Bertz CT molecular complexity index is 722. The Morgan fingerprint density at radius 2 is 1.03 bits per heavy atom. The van der Waals surface area contributed by atoms with Gasteiger partial charge in [0.1, 0.15) is 0 Å². The summed E-state index contributed by atoms with van der Waals surface area (Å²) in [5.74, 6) is 1.77. The van der Waals surface area contributed by atoms with E-state index in [0.717, 1.165) is 11.8 Å². The third kappa shape index (κ3) is 13.9. The summed E-state index contributed by atoms with van der Waals surface area (Å²) in [5.41, 5.74) is 3.16. The number of halogens is 2. The molecule has 0 N–H and O–H groups in total. The molecule has 0 saturated heterocycles. The fourth-order valence-electron chi connectivity index (χ4n) is 4.01. The second-order valence-electron chi connectivity index (χ2n) is 7.77. The summed E-state index contributed by atoms with van der Waals surface area (Å²) in [6.45, 7) is 0. The Morgan fingerprint density at radius 1 is 0.647 bits per heavy atom. The van der Waals surface area contributed by atoms with Gasteiger partial charge < -0.3 is 0 Å². The molecule has 2 atom stereocenters. The van der Waals surface area contributed by atoms with Crippen molar-refractivity contribution < 1.29 is 21.6 Å². The first kappa shape index (κ1) is 33.1. The molecule has 182 valence electrons. The van der Waals surface area contributed by atoms with Gasteiger partial charge in [0.05, 0.1) is 0 Å². The van der Waals surface area contributed by atoms with E-state index >= 15 is 0 Å². The van der Waals surface area contributed by atoms with Crippen molar-refractivity contribution >= 4 is 37.0 Å². The van der Waals surface area contributed by atoms with Crippen molar-refractivity contribution in [2.45, 2.75) is 38.5 Å². The maximum Gasteiger partial charge on any atom is -0.171 e. The van der Waals surface area contributed by atoms with Gasteiger partial charge in [-0.25, -0.2) is 36.1 Å². The van der Waals surface area contributed by atoms with Crippen LogP contribution >= 0.6 is 24.8 Å². The molecule has 0 aliphatic heterocycles. The second-order valence-corrected chi connectivity index (χ2v) is 7.77. The van der Waals surface area contributed by atoms with Gasteiger partial charge in [0.15, 0.2) is 0 Å². The molecule has 4 aliphatic carbocycles. The third-order valence-electron chi connectivity index (χ3n) is 5.64. The molecule has 0 amide bonds.